The number of hydrogen-bond donors (Lipinski definition) is 1. The van der Waals surface area contributed by atoms with E-state index in [-0.39, 0.29) is 16.8 Å². The van der Waals surface area contributed by atoms with E-state index in [2.05, 4.69) is 10.1 Å². The number of ether oxygens (including phenoxy) is 2. The van der Waals surface area contributed by atoms with Gasteiger partial charge in [-0.3, -0.25) is 9.10 Å². The molecule has 0 unspecified atom stereocenters. The maximum Gasteiger partial charge on any atom is 0.339 e. The third-order valence-electron chi connectivity index (χ3n) is 4.44. The maximum absolute atomic E-state index is 12.8. The molecule has 1 N–H and O–H groups in total. The van der Waals surface area contributed by atoms with E-state index in [1.54, 1.807) is 19.1 Å². The summed E-state index contributed by atoms with van der Waals surface area (Å²) in [6, 6.07) is 9.19. The molecule has 0 saturated carbocycles. The molecule has 2 aromatic carbocycles. The van der Waals surface area contributed by atoms with Gasteiger partial charge in [0.2, 0.25) is 15.9 Å². The zero-order valence-corrected chi connectivity index (χ0v) is 18.7. The predicted molar refractivity (Wildman–Crippen MR) is 116 cm³/mol. The van der Waals surface area contributed by atoms with Crippen LogP contribution >= 0.6 is 0 Å². The topological polar surface area (TPSA) is 119 Å². The molecule has 2 aromatic rings. The van der Waals surface area contributed by atoms with Gasteiger partial charge in [-0.25, -0.2) is 18.0 Å². The van der Waals surface area contributed by atoms with Crippen LogP contribution in [0.25, 0.3) is 0 Å². The van der Waals surface area contributed by atoms with Gasteiger partial charge in [0.1, 0.15) is 6.54 Å². The standard InChI is InChI=1S/C21H24N2O7S/c1-13-6-7-14(2)18(10-13)23(31(5,27)28)12-19(24)22-17-11-15(20(25)29-3)8-9-16(17)21(26)30-4/h6-11H,12H2,1-5H3,(H,22,24). The molecule has 0 radical (unpaired) electrons. The Hall–Kier alpha value is -3.40. The van der Waals surface area contributed by atoms with Gasteiger partial charge in [-0.1, -0.05) is 12.1 Å². The molecule has 0 spiro atoms. The number of carbonyl (C=O) groups excluding carboxylic acids is 3. The van der Waals surface area contributed by atoms with Gasteiger partial charge in [0, 0.05) is 0 Å². The van der Waals surface area contributed by atoms with Crippen LogP contribution in [0, 0.1) is 13.8 Å². The van der Waals surface area contributed by atoms with E-state index in [1.165, 1.54) is 32.4 Å². The van der Waals surface area contributed by atoms with Gasteiger partial charge >= 0.3 is 11.9 Å². The minimum Gasteiger partial charge on any atom is -0.465 e. The molecule has 0 aliphatic carbocycles. The number of rotatable bonds is 7. The molecule has 2 rings (SSSR count). The van der Waals surface area contributed by atoms with Crippen LogP contribution < -0.4 is 9.62 Å². The lowest BCUT2D eigenvalue weighted by Crippen LogP contribution is -2.38. The van der Waals surface area contributed by atoms with Crippen molar-refractivity contribution < 1.29 is 32.3 Å². The molecule has 0 atom stereocenters. The molecule has 166 valence electrons. The normalized spacial score (nSPS) is 10.9. The Labute approximate surface area is 181 Å². The molecule has 0 aliphatic rings. The molecule has 0 bridgehead atoms. The van der Waals surface area contributed by atoms with E-state index >= 15 is 0 Å². The highest BCUT2D eigenvalue weighted by Crippen LogP contribution is 2.25. The number of aryl methyl sites for hydroxylation is 2. The number of nitrogens with zero attached hydrogens (tertiary/aromatic N) is 1. The minimum absolute atomic E-state index is 0.00106. The fourth-order valence-electron chi connectivity index (χ4n) is 2.87. The van der Waals surface area contributed by atoms with E-state index in [1.807, 2.05) is 13.0 Å². The van der Waals surface area contributed by atoms with Crippen LogP contribution in [-0.2, 0) is 24.3 Å². The highest BCUT2D eigenvalue weighted by atomic mass is 32.2. The Morgan fingerprint density at radius 2 is 1.61 bits per heavy atom. The predicted octanol–water partition coefficient (Wildman–Crippen LogP) is 2.28. The number of anilines is 2. The van der Waals surface area contributed by atoms with Gasteiger partial charge in [-0.2, -0.15) is 0 Å². The third-order valence-corrected chi connectivity index (χ3v) is 5.57. The average Bonchev–Trinajstić information content (AvgIpc) is 2.71. The second kappa shape index (κ2) is 9.61. The lowest BCUT2D eigenvalue weighted by atomic mass is 10.1. The van der Waals surface area contributed by atoms with Crippen LogP contribution in [0.3, 0.4) is 0 Å². The molecule has 10 heteroatoms. The number of hydrogen-bond acceptors (Lipinski definition) is 7. The number of methoxy groups -OCH3 is 2. The zero-order valence-electron chi connectivity index (χ0n) is 17.9. The third kappa shape index (κ3) is 5.82. The van der Waals surface area contributed by atoms with Crippen LogP contribution in [0.1, 0.15) is 31.8 Å². The first kappa shape index (κ1) is 23.9. The fourth-order valence-corrected chi connectivity index (χ4v) is 3.78. The van der Waals surface area contributed by atoms with Crippen LogP contribution in [-0.4, -0.2) is 53.3 Å². The van der Waals surface area contributed by atoms with Gasteiger partial charge < -0.3 is 14.8 Å². The largest absolute Gasteiger partial charge is 0.465 e. The van der Waals surface area contributed by atoms with E-state index in [0.29, 0.717) is 11.3 Å². The molecular formula is C21H24N2O7S. The van der Waals surface area contributed by atoms with E-state index in [0.717, 1.165) is 16.1 Å². The molecule has 0 fully saturated rings. The first-order valence-electron chi connectivity index (χ1n) is 9.13. The van der Waals surface area contributed by atoms with E-state index in [4.69, 9.17) is 4.74 Å². The Morgan fingerprint density at radius 1 is 0.968 bits per heavy atom. The molecule has 0 saturated heterocycles. The number of benzene rings is 2. The maximum atomic E-state index is 12.8. The van der Waals surface area contributed by atoms with Crippen molar-refractivity contribution in [3.8, 4) is 0 Å². The Kier molecular flexibility index (Phi) is 7.40. The molecule has 0 aliphatic heterocycles. The van der Waals surface area contributed by atoms with Crippen molar-refractivity contribution in [3.63, 3.8) is 0 Å². The number of amides is 1. The Morgan fingerprint density at radius 3 is 2.19 bits per heavy atom. The highest BCUT2D eigenvalue weighted by molar-refractivity contribution is 7.92. The summed E-state index contributed by atoms with van der Waals surface area (Å²) >= 11 is 0. The summed E-state index contributed by atoms with van der Waals surface area (Å²) in [6.45, 7) is 3.01. The first-order chi connectivity index (χ1) is 14.5. The first-order valence-corrected chi connectivity index (χ1v) is 11.0. The van der Waals surface area contributed by atoms with Crippen LogP contribution in [0.4, 0.5) is 11.4 Å². The van der Waals surface area contributed by atoms with Crippen molar-refractivity contribution in [1.82, 2.24) is 0 Å². The molecule has 9 nitrogen and oxygen atoms in total. The van der Waals surface area contributed by atoms with Gasteiger partial charge in [0.25, 0.3) is 0 Å². The SMILES string of the molecule is COC(=O)c1ccc(C(=O)OC)c(NC(=O)CN(c2cc(C)ccc2C)S(C)(=O)=O)c1. The summed E-state index contributed by atoms with van der Waals surface area (Å²) in [5.74, 6) is -2.11. The Balaban J connectivity index is 2.41. The smallest absolute Gasteiger partial charge is 0.339 e. The van der Waals surface area contributed by atoms with Crippen molar-refractivity contribution in [2.45, 2.75) is 13.8 Å². The summed E-state index contributed by atoms with van der Waals surface area (Å²) in [5.41, 5.74) is 1.96. The summed E-state index contributed by atoms with van der Waals surface area (Å²) in [6.07, 6.45) is 1.000. The monoisotopic (exact) mass is 448 g/mol. The molecular weight excluding hydrogens is 424 g/mol. The fraction of sp³-hybridized carbons (Fsp3) is 0.286. The second-order valence-corrected chi connectivity index (χ2v) is 8.76. The quantitative estimate of drug-likeness (QED) is 0.646. The van der Waals surface area contributed by atoms with Crippen LogP contribution in [0.2, 0.25) is 0 Å². The van der Waals surface area contributed by atoms with Gasteiger partial charge in [-0.15, -0.1) is 0 Å². The summed E-state index contributed by atoms with van der Waals surface area (Å²) in [4.78, 5) is 36.7. The van der Waals surface area contributed by atoms with Gasteiger partial charge in [0.15, 0.2) is 0 Å². The number of carbonyl (C=O) groups is 3. The van der Waals surface area contributed by atoms with Gasteiger partial charge in [0.05, 0.1) is 43.0 Å². The average molecular weight is 448 g/mol. The number of sulfonamides is 1. The molecule has 31 heavy (non-hydrogen) atoms. The van der Waals surface area contributed by atoms with Crippen molar-refractivity contribution >= 4 is 39.2 Å². The van der Waals surface area contributed by atoms with Crippen LogP contribution in [0.5, 0.6) is 0 Å². The van der Waals surface area contributed by atoms with Gasteiger partial charge in [-0.05, 0) is 49.2 Å². The summed E-state index contributed by atoms with van der Waals surface area (Å²) in [7, 11) is -1.42. The van der Waals surface area contributed by atoms with Crippen molar-refractivity contribution in [2.24, 2.45) is 0 Å². The van der Waals surface area contributed by atoms with E-state index in [9.17, 15) is 22.8 Å². The van der Waals surface area contributed by atoms with Crippen LogP contribution in [0.15, 0.2) is 36.4 Å². The minimum atomic E-state index is -3.79. The van der Waals surface area contributed by atoms with Crippen molar-refractivity contribution in [3.05, 3.63) is 58.7 Å². The van der Waals surface area contributed by atoms with Crippen molar-refractivity contribution in [2.75, 3.05) is 36.6 Å². The lowest BCUT2D eigenvalue weighted by molar-refractivity contribution is -0.114. The highest BCUT2D eigenvalue weighted by Gasteiger charge is 2.24. The summed E-state index contributed by atoms with van der Waals surface area (Å²) < 4.78 is 35.1. The lowest BCUT2D eigenvalue weighted by Gasteiger charge is -2.24. The summed E-state index contributed by atoms with van der Waals surface area (Å²) in [5, 5.41) is 2.50. The number of nitrogens with one attached hydrogen (secondary N) is 1. The number of esters is 2. The molecule has 1 amide bonds. The molecule has 0 aromatic heterocycles. The van der Waals surface area contributed by atoms with E-state index < -0.39 is 34.4 Å². The molecule has 0 heterocycles. The Bertz CT molecular complexity index is 1130. The second-order valence-electron chi connectivity index (χ2n) is 6.85. The van der Waals surface area contributed by atoms with Crippen molar-refractivity contribution in [1.29, 1.82) is 0 Å². The zero-order chi connectivity index (χ0) is 23.3.